The van der Waals surface area contributed by atoms with Crippen LogP contribution in [0, 0.1) is 11.6 Å². The van der Waals surface area contributed by atoms with Crippen molar-refractivity contribution in [1.29, 1.82) is 0 Å². The first kappa shape index (κ1) is 15.1. The second-order valence-electron chi connectivity index (χ2n) is 5.46. The van der Waals surface area contributed by atoms with Crippen molar-refractivity contribution in [2.24, 2.45) is 0 Å². The number of benzene rings is 1. The largest absolute Gasteiger partial charge is 0.392 e. The molecule has 118 valence electrons. The van der Waals surface area contributed by atoms with E-state index in [4.69, 9.17) is 4.52 Å². The van der Waals surface area contributed by atoms with Gasteiger partial charge in [-0.05, 0) is 24.6 Å². The second-order valence-corrected chi connectivity index (χ2v) is 5.46. The topological polar surface area (TPSA) is 62.4 Å². The Kier molecular flexibility index (Phi) is 4.17. The maximum absolute atomic E-state index is 14.0. The Bertz CT molecular complexity index is 662. The molecule has 0 aliphatic carbocycles. The smallest absolute Gasteiger partial charge is 0.226 e. The van der Waals surface area contributed by atoms with E-state index in [9.17, 15) is 13.9 Å². The van der Waals surface area contributed by atoms with Crippen LogP contribution in [0.2, 0.25) is 0 Å². The summed E-state index contributed by atoms with van der Waals surface area (Å²) in [5.74, 6) is 0.0365. The van der Waals surface area contributed by atoms with Crippen LogP contribution in [0.4, 0.5) is 8.78 Å². The highest BCUT2D eigenvalue weighted by Gasteiger charge is 2.34. The van der Waals surface area contributed by atoms with Crippen LogP contribution in [0.5, 0.6) is 0 Å². The summed E-state index contributed by atoms with van der Waals surface area (Å²) in [4.78, 5) is 6.06. The molecule has 0 bridgehead atoms. The number of nitrogens with zero attached hydrogens (tertiary/aromatic N) is 3. The lowest BCUT2D eigenvalue weighted by Crippen LogP contribution is -2.25. The summed E-state index contributed by atoms with van der Waals surface area (Å²) in [6.45, 7) is 2.58. The number of aromatic nitrogens is 2. The highest BCUT2D eigenvalue weighted by Crippen LogP contribution is 2.34. The Balaban J connectivity index is 1.84. The molecule has 5 nitrogen and oxygen atoms in total. The summed E-state index contributed by atoms with van der Waals surface area (Å²) in [6.07, 6.45) is 0.390. The van der Waals surface area contributed by atoms with Gasteiger partial charge < -0.3 is 9.63 Å². The standard InChI is InChI=1S/C15H17F2N3O2/c1-2-15-18-14(19-22-15)8-20-7-10(21)6-13(20)11-5-9(16)3-4-12(11)17/h3-5,10,13,21H,2,6-8H2,1H3. The lowest BCUT2D eigenvalue weighted by molar-refractivity contribution is 0.170. The zero-order valence-electron chi connectivity index (χ0n) is 12.2. The number of rotatable bonds is 4. The van der Waals surface area contributed by atoms with Gasteiger partial charge in [0.25, 0.3) is 0 Å². The number of hydrogen-bond donors (Lipinski definition) is 1. The van der Waals surface area contributed by atoms with Gasteiger partial charge in [-0.2, -0.15) is 4.98 Å². The average Bonchev–Trinajstić information content (AvgIpc) is 3.08. The molecule has 1 fully saturated rings. The zero-order chi connectivity index (χ0) is 15.7. The number of aryl methyl sites for hydroxylation is 1. The van der Waals surface area contributed by atoms with Crippen molar-refractivity contribution in [3.8, 4) is 0 Å². The minimum absolute atomic E-state index is 0.246. The second kappa shape index (κ2) is 6.10. The summed E-state index contributed by atoms with van der Waals surface area (Å²) in [5, 5.41) is 13.8. The first-order chi connectivity index (χ1) is 10.6. The molecule has 1 N–H and O–H groups in total. The summed E-state index contributed by atoms with van der Waals surface area (Å²) in [7, 11) is 0. The number of hydrogen-bond acceptors (Lipinski definition) is 5. The highest BCUT2D eigenvalue weighted by atomic mass is 19.1. The van der Waals surface area contributed by atoms with E-state index in [-0.39, 0.29) is 5.56 Å². The molecule has 2 unspecified atom stereocenters. The van der Waals surface area contributed by atoms with E-state index in [2.05, 4.69) is 10.1 Å². The van der Waals surface area contributed by atoms with E-state index in [0.717, 1.165) is 12.1 Å². The number of halogens is 2. The van der Waals surface area contributed by atoms with Gasteiger partial charge >= 0.3 is 0 Å². The normalized spacial score (nSPS) is 22.4. The van der Waals surface area contributed by atoms with Gasteiger partial charge in [0.05, 0.1) is 12.6 Å². The minimum atomic E-state index is -0.592. The number of aliphatic hydroxyl groups is 1. The van der Waals surface area contributed by atoms with E-state index in [0.29, 0.717) is 37.6 Å². The van der Waals surface area contributed by atoms with Crippen LogP contribution in [-0.4, -0.2) is 32.8 Å². The average molecular weight is 309 g/mol. The molecule has 0 amide bonds. The third-order valence-electron chi connectivity index (χ3n) is 3.86. The number of likely N-dealkylation sites (tertiary alicyclic amines) is 1. The fraction of sp³-hybridized carbons (Fsp3) is 0.467. The Labute approximate surface area is 126 Å². The first-order valence-corrected chi connectivity index (χ1v) is 7.25. The predicted octanol–water partition coefficient (Wildman–Crippen LogP) is 2.22. The molecule has 7 heteroatoms. The Hall–Kier alpha value is -1.86. The molecule has 0 saturated carbocycles. The molecule has 2 heterocycles. The van der Waals surface area contributed by atoms with Crippen molar-refractivity contribution in [3.05, 3.63) is 47.1 Å². The van der Waals surface area contributed by atoms with Crippen LogP contribution in [0.3, 0.4) is 0 Å². The SMILES string of the molecule is CCc1nc(CN2CC(O)CC2c2cc(F)ccc2F)no1. The van der Waals surface area contributed by atoms with Gasteiger partial charge in [0.1, 0.15) is 11.6 Å². The van der Waals surface area contributed by atoms with Gasteiger partial charge in [-0.25, -0.2) is 8.78 Å². The fourth-order valence-electron chi connectivity index (χ4n) is 2.83. The Morgan fingerprint density at radius 2 is 2.23 bits per heavy atom. The molecule has 1 aliphatic rings. The lowest BCUT2D eigenvalue weighted by atomic mass is 10.0. The summed E-state index contributed by atoms with van der Waals surface area (Å²) in [6, 6.07) is 2.96. The van der Waals surface area contributed by atoms with Crippen molar-refractivity contribution in [2.75, 3.05) is 6.54 Å². The molecule has 0 spiro atoms. The minimum Gasteiger partial charge on any atom is -0.392 e. The lowest BCUT2D eigenvalue weighted by Gasteiger charge is -2.23. The first-order valence-electron chi connectivity index (χ1n) is 7.25. The van der Waals surface area contributed by atoms with Crippen LogP contribution >= 0.6 is 0 Å². The molecule has 2 atom stereocenters. The van der Waals surface area contributed by atoms with Crippen molar-refractivity contribution in [1.82, 2.24) is 15.0 Å². The van der Waals surface area contributed by atoms with E-state index >= 15 is 0 Å². The van der Waals surface area contributed by atoms with E-state index in [1.54, 1.807) is 0 Å². The molecular weight excluding hydrogens is 292 g/mol. The van der Waals surface area contributed by atoms with E-state index in [1.807, 2.05) is 11.8 Å². The van der Waals surface area contributed by atoms with Crippen molar-refractivity contribution >= 4 is 0 Å². The molecule has 1 saturated heterocycles. The van der Waals surface area contributed by atoms with Gasteiger partial charge in [-0.1, -0.05) is 12.1 Å². The van der Waals surface area contributed by atoms with Gasteiger partial charge in [-0.3, -0.25) is 4.90 Å². The number of aliphatic hydroxyl groups excluding tert-OH is 1. The van der Waals surface area contributed by atoms with Gasteiger partial charge in [-0.15, -0.1) is 0 Å². The number of β-amino-alcohol motifs (C(OH)–C–C–N with tert-alkyl or cyclic N) is 1. The maximum atomic E-state index is 14.0. The molecule has 22 heavy (non-hydrogen) atoms. The Morgan fingerprint density at radius 3 is 2.95 bits per heavy atom. The van der Waals surface area contributed by atoms with Gasteiger partial charge in [0.15, 0.2) is 5.82 Å². The monoisotopic (exact) mass is 309 g/mol. The fourth-order valence-corrected chi connectivity index (χ4v) is 2.83. The maximum Gasteiger partial charge on any atom is 0.226 e. The molecule has 1 aromatic carbocycles. The highest BCUT2D eigenvalue weighted by molar-refractivity contribution is 5.24. The molecule has 2 aromatic rings. The van der Waals surface area contributed by atoms with E-state index < -0.39 is 23.8 Å². The summed E-state index contributed by atoms with van der Waals surface area (Å²) >= 11 is 0. The van der Waals surface area contributed by atoms with Crippen LogP contribution in [0.25, 0.3) is 0 Å². The molecular formula is C15H17F2N3O2. The molecule has 3 rings (SSSR count). The van der Waals surface area contributed by atoms with Gasteiger partial charge in [0, 0.05) is 24.6 Å². The van der Waals surface area contributed by atoms with Crippen LogP contribution in [0.15, 0.2) is 22.7 Å². The molecule has 1 aliphatic heterocycles. The van der Waals surface area contributed by atoms with Crippen LogP contribution in [0.1, 0.15) is 36.7 Å². The third kappa shape index (κ3) is 3.00. The van der Waals surface area contributed by atoms with Crippen LogP contribution < -0.4 is 0 Å². The van der Waals surface area contributed by atoms with Crippen molar-refractivity contribution in [3.63, 3.8) is 0 Å². The van der Waals surface area contributed by atoms with E-state index in [1.165, 1.54) is 6.07 Å². The van der Waals surface area contributed by atoms with Gasteiger partial charge in [0.2, 0.25) is 5.89 Å². The Morgan fingerprint density at radius 1 is 1.41 bits per heavy atom. The zero-order valence-corrected chi connectivity index (χ0v) is 12.2. The summed E-state index contributed by atoms with van der Waals surface area (Å²) < 4.78 is 32.5. The van der Waals surface area contributed by atoms with Crippen molar-refractivity contribution < 1.29 is 18.4 Å². The third-order valence-corrected chi connectivity index (χ3v) is 3.86. The molecule has 1 aromatic heterocycles. The van der Waals surface area contributed by atoms with Crippen LogP contribution in [-0.2, 0) is 13.0 Å². The summed E-state index contributed by atoms with van der Waals surface area (Å²) in [5.41, 5.74) is 0.246. The predicted molar refractivity (Wildman–Crippen MR) is 73.8 cm³/mol. The molecule has 0 radical (unpaired) electrons. The quantitative estimate of drug-likeness (QED) is 0.938. The van der Waals surface area contributed by atoms with Crippen molar-refractivity contribution in [2.45, 2.75) is 38.5 Å².